The molecule has 1 N–H and O–H groups in total. The average Bonchev–Trinajstić information content (AvgIpc) is 3.31. The summed E-state index contributed by atoms with van der Waals surface area (Å²) in [6.07, 6.45) is 2.47. The highest BCUT2D eigenvalue weighted by molar-refractivity contribution is 5.76. The van der Waals surface area contributed by atoms with Gasteiger partial charge in [-0.3, -0.25) is 14.2 Å². The van der Waals surface area contributed by atoms with Gasteiger partial charge in [-0.25, -0.2) is 14.3 Å². The van der Waals surface area contributed by atoms with Crippen molar-refractivity contribution >= 4 is 17.1 Å². The zero-order valence-electron chi connectivity index (χ0n) is 21.1. The molecule has 4 aromatic rings. The maximum Gasteiger partial charge on any atom is 0.333 e. The zero-order valence-corrected chi connectivity index (χ0v) is 21.1. The molecule has 8 heteroatoms. The van der Waals surface area contributed by atoms with Crippen LogP contribution in [0.4, 0.5) is 0 Å². The lowest BCUT2D eigenvalue weighted by molar-refractivity contribution is -0.121. The number of rotatable bonds is 10. The topological polar surface area (TPSA) is 90.9 Å². The van der Waals surface area contributed by atoms with Gasteiger partial charge in [0.2, 0.25) is 5.91 Å². The smallest absolute Gasteiger partial charge is 0.333 e. The van der Waals surface area contributed by atoms with E-state index in [9.17, 15) is 14.4 Å². The van der Waals surface area contributed by atoms with Gasteiger partial charge < -0.3 is 9.88 Å². The third-order valence-corrected chi connectivity index (χ3v) is 6.39. The zero-order chi connectivity index (χ0) is 25.7. The molecule has 2 aromatic heterocycles. The lowest BCUT2D eigenvalue weighted by Crippen LogP contribution is -2.44. The van der Waals surface area contributed by atoms with E-state index in [1.807, 2.05) is 67.6 Å². The predicted molar refractivity (Wildman–Crippen MR) is 141 cm³/mol. The number of aromatic nitrogens is 4. The van der Waals surface area contributed by atoms with Crippen LogP contribution >= 0.6 is 0 Å². The molecule has 8 nitrogen and oxygen atoms in total. The Balaban J connectivity index is 1.66. The molecule has 0 saturated carbocycles. The van der Waals surface area contributed by atoms with Crippen molar-refractivity contribution in [2.75, 3.05) is 6.54 Å². The highest BCUT2D eigenvalue weighted by Gasteiger charge is 2.20. The van der Waals surface area contributed by atoms with E-state index in [0.717, 1.165) is 22.1 Å². The van der Waals surface area contributed by atoms with Crippen molar-refractivity contribution in [3.05, 3.63) is 99.0 Å². The first kappa shape index (κ1) is 25.2. The highest BCUT2D eigenvalue weighted by Crippen LogP contribution is 2.14. The quantitative estimate of drug-likeness (QED) is 0.371. The molecule has 2 aromatic carbocycles. The normalized spacial score (nSPS) is 12.2. The molecule has 1 atom stereocenters. The summed E-state index contributed by atoms with van der Waals surface area (Å²) in [7, 11) is 0. The summed E-state index contributed by atoms with van der Waals surface area (Å²) in [5, 5.41) is 2.88. The van der Waals surface area contributed by atoms with Gasteiger partial charge in [0.1, 0.15) is 6.54 Å². The summed E-state index contributed by atoms with van der Waals surface area (Å²) in [5.74, 6) is 0.162. The van der Waals surface area contributed by atoms with E-state index in [4.69, 9.17) is 0 Å². The van der Waals surface area contributed by atoms with Gasteiger partial charge in [-0.1, -0.05) is 81.4 Å². The molecule has 0 aliphatic heterocycles. The predicted octanol–water partition coefficient (Wildman–Crippen LogP) is 3.37. The fourth-order valence-corrected chi connectivity index (χ4v) is 4.22. The van der Waals surface area contributed by atoms with Gasteiger partial charge in [-0.2, -0.15) is 0 Å². The van der Waals surface area contributed by atoms with Crippen LogP contribution < -0.4 is 16.6 Å². The molecule has 0 radical (unpaired) electrons. The van der Waals surface area contributed by atoms with E-state index in [1.165, 1.54) is 4.57 Å². The Hall–Kier alpha value is -3.94. The molecule has 0 aliphatic rings. The molecule has 0 bridgehead atoms. The lowest BCUT2D eigenvalue weighted by atomic mass is 10.0. The summed E-state index contributed by atoms with van der Waals surface area (Å²) in [6, 6.07) is 19.4. The van der Waals surface area contributed by atoms with Gasteiger partial charge in [-0.05, 0) is 29.4 Å². The van der Waals surface area contributed by atoms with Crippen LogP contribution in [-0.4, -0.2) is 31.1 Å². The average molecular weight is 488 g/mol. The van der Waals surface area contributed by atoms with Crippen molar-refractivity contribution in [2.24, 2.45) is 5.92 Å². The van der Waals surface area contributed by atoms with Gasteiger partial charge in [0.25, 0.3) is 5.56 Å². The van der Waals surface area contributed by atoms with Crippen LogP contribution in [0.25, 0.3) is 11.2 Å². The Morgan fingerprint density at radius 1 is 0.944 bits per heavy atom. The SMILES string of the molecule is CC(C)CCn1cnc2c1c(=O)n(CC(=O)NC[C@H](C)c1ccccc1)c(=O)n2Cc1ccccc1. The maximum atomic E-state index is 13.5. The van der Waals surface area contributed by atoms with E-state index < -0.39 is 11.2 Å². The number of nitrogens with one attached hydrogen (secondary N) is 1. The number of nitrogens with zero attached hydrogens (tertiary/aromatic N) is 4. The summed E-state index contributed by atoms with van der Waals surface area (Å²) in [6.45, 7) is 7.17. The number of hydrogen-bond donors (Lipinski definition) is 1. The first-order valence-electron chi connectivity index (χ1n) is 12.4. The lowest BCUT2D eigenvalue weighted by Gasteiger charge is -2.15. The maximum absolute atomic E-state index is 13.5. The van der Waals surface area contributed by atoms with E-state index in [-0.39, 0.29) is 24.9 Å². The van der Waals surface area contributed by atoms with E-state index in [1.54, 1.807) is 10.9 Å². The van der Waals surface area contributed by atoms with Crippen LogP contribution in [0.1, 0.15) is 44.2 Å². The molecule has 4 rings (SSSR count). The molecule has 0 fully saturated rings. The molecule has 188 valence electrons. The van der Waals surface area contributed by atoms with Crippen LogP contribution in [0.3, 0.4) is 0 Å². The summed E-state index contributed by atoms with van der Waals surface area (Å²) in [4.78, 5) is 44.3. The van der Waals surface area contributed by atoms with E-state index >= 15 is 0 Å². The Labute approximate surface area is 210 Å². The molecule has 0 unspecified atom stereocenters. The van der Waals surface area contributed by atoms with Gasteiger partial charge in [0, 0.05) is 13.1 Å². The van der Waals surface area contributed by atoms with Gasteiger partial charge >= 0.3 is 5.69 Å². The minimum absolute atomic E-state index is 0.0987. The van der Waals surface area contributed by atoms with Crippen molar-refractivity contribution in [1.82, 2.24) is 24.0 Å². The number of amides is 1. The van der Waals surface area contributed by atoms with Gasteiger partial charge in [-0.15, -0.1) is 0 Å². The monoisotopic (exact) mass is 487 g/mol. The van der Waals surface area contributed by atoms with Crippen molar-refractivity contribution in [3.63, 3.8) is 0 Å². The second-order valence-electron chi connectivity index (χ2n) is 9.65. The van der Waals surface area contributed by atoms with E-state index in [2.05, 4.69) is 24.1 Å². The van der Waals surface area contributed by atoms with Crippen molar-refractivity contribution < 1.29 is 4.79 Å². The first-order chi connectivity index (χ1) is 17.3. The summed E-state index contributed by atoms with van der Waals surface area (Å²) in [5.41, 5.74) is 1.66. The standard InChI is InChI=1S/C28H33N5O3/c1-20(2)14-15-31-19-30-26-25(31)27(35)33(28(36)32(26)17-22-10-6-4-7-11-22)18-24(34)29-16-21(3)23-12-8-5-9-13-23/h4-13,19-21H,14-18H2,1-3H3,(H,29,34)/t21-/m0/s1. The van der Waals surface area contributed by atoms with E-state index in [0.29, 0.717) is 30.2 Å². The molecule has 2 heterocycles. The molecule has 0 spiro atoms. The number of carbonyl (C=O) groups is 1. The number of aryl methyl sites for hydroxylation is 1. The van der Waals surface area contributed by atoms with Crippen molar-refractivity contribution in [2.45, 2.75) is 52.7 Å². The number of imidazole rings is 1. The molecule has 0 aliphatic carbocycles. The highest BCUT2D eigenvalue weighted by atomic mass is 16.2. The molecule has 0 saturated heterocycles. The second-order valence-corrected chi connectivity index (χ2v) is 9.65. The summed E-state index contributed by atoms with van der Waals surface area (Å²) >= 11 is 0. The van der Waals surface area contributed by atoms with Crippen molar-refractivity contribution in [1.29, 1.82) is 0 Å². The third kappa shape index (κ3) is 5.64. The van der Waals surface area contributed by atoms with Crippen LogP contribution in [-0.2, 0) is 24.4 Å². The summed E-state index contributed by atoms with van der Waals surface area (Å²) < 4.78 is 4.31. The molecular weight excluding hydrogens is 454 g/mol. The minimum Gasteiger partial charge on any atom is -0.354 e. The Morgan fingerprint density at radius 3 is 2.28 bits per heavy atom. The Morgan fingerprint density at radius 2 is 1.61 bits per heavy atom. The number of fused-ring (bicyclic) bond motifs is 1. The Bertz CT molecular complexity index is 1440. The third-order valence-electron chi connectivity index (χ3n) is 6.39. The fourth-order valence-electron chi connectivity index (χ4n) is 4.22. The van der Waals surface area contributed by atoms with Gasteiger partial charge in [0.15, 0.2) is 11.2 Å². The van der Waals surface area contributed by atoms with Crippen molar-refractivity contribution in [3.8, 4) is 0 Å². The Kier molecular flexibility index (Phi) is 7.83. The first-order valence-corrected chi connectivity index (χ1v) is 12.4. The number of benzene rings is 2. The molecule has 1 amide bonds. The fraction of sp³-hybridized carbons (Fsp3) is 0.357. The molecule has 36 heavy (non-hydrogen) atoms. The number of hydrogen-bond acceptors (Lipinski definition) is 4. The van der Waals surface area contributed by atoms with Crippen LogP contribution in [0.2, 0.25) is 0 Å². The second kappa shape index (κ2) is 11.2. The number of carbonyl (C=O) groups excluding carboxylic acids is 1. The van der Waals surface area contributed by atoms with Crippen LogP contribution in [0.15, 0.2) is 76.6 Å². The van der Waals surface area contributed by atoms with Gasteiger partial charge in [0.05, 0.1) is 12.9 Å². The largest absolute Gasteiger partial charge is 0.354 e. The van der Waals surface area contributed by atoms with Crippen LogP contribution in [0, 0.1) is 5.92 Å². The van der Waals surface area contributed by atoms with Crippen LogP contribution in [0.5, 0.6) is 0 Å². The molecular formula is C28H33N5O3. The minimum atomic E-state index is -0.545.